The summed E-state index contributed by atoms with van der Waals surface area (Å²) in [5.41, 5.74) is 4.28. The number of ether oxygens (including phenoxy) is 1. The van der Waals surface area contributed by atoms with Crippen LogP contribution in [0, 0.1) is 13.8 Å². The number of Topliss-reactive ketones (excluding diaryl/α,β-unsaturated/α-hetero) is 1. The van der Waals surface area contributed by atoms with Crippen LogP contribution < -0.4 is 0 Å². The lowest BCUT2D eigenvalue weighted by Crippen LogP contribution is -2.20. The number of rotatable bonds is 8. The number of carbonyl (C=O) groups excluding carboxylic acids is 2. The Hall–Kier alpha value is -2.54. The Morgan fingerprint density at radius 1 is 1.21 bits per heavy atom. The lowest BCUT2D eigenvalue weighted by molar-refractivity contribution is -0.143. The van der Waals surface area contributed by atoms with Crippen LogP contribution in [0.4, 0.5) is 0 Å². The number of aromatic nitrogens is 3. The Bertz CT molecular complexity index is 1050. The second-order valence-corrected chi connectivity index (χ2v) is 8.23. The molecule has 0 fully saturated rings. The van der Waals surface area contributed by atoms with Gasteiger partial charge in [-0.25, -0.2) is 4.98 Å². The molecule has 154 valence electrons. The van der Waals surface area contributed by atoms with Crippen molar-refractivity contribution in [2.75, 3.05) is 12.9 Å². The highest BCUT2D eigenvalue weighted by Gasteiger charge is 2.19. The summed E-state index contributed by atoms with van der Waals surface area (Å²) in [6, 6.07) is 9.84. The summed E-state index contributed by atoms with van der Waals surface area (Å²) in [6.45, 7) is 7.84. The second-order valence-electron chi connectivity index (χ2n) is 7.37. The molecule has 0 atom stereocenters. The molecule has 0 unspecified atom stereocenters. The molecule has 0 N–H and O–H groups in total. The van der Waals surface area contributed by atoms with E-state index in [1.54, 1.807) is 11.8 Å². The van der Waals surface area contributed by atoms with E-state index < -0.39 is 5.97 Å². The van der Waals surface area contributed by atoms with E-state index in [2.05, 4.69) is 23.4 Å². The van der Waals surface area contributed by atoms with Gasteiger partial charge in [0.05, 0.1) is 16.8 Å². The minimum atomic E-state index is -0.443. The first-order valence-corrected chi connectivity index (χ1v) is 11.0. The lowest BCUT2D eigenvalue weighted by atomic mass is 10.1. The number of aryl methyl sites for hydroxylation is 1. The number of ketones is 1. The Morgan fingerprint density at radius 2 is 1.93 bits per heavy atom. The molecule has 0 bridgehead atoms. The van der Waals surface area contributed by atoms with Crippen molar-refractivity contribution in [1.82, 2.24) is 14.1 Å². The first-order chi connectivity index (χ1) is 13.8. The summed E-state index contributed by atoms with van der Waals surface area (Å²) < 4.78 is 9.30. The van der Waals surface area contributed by atoms with Crippen molar-refractivity contribution < 1.29 is 14.3 Å². The predicted octanol–water partition coefficient (Wildman–Crippen LogP) is 4.32. The van der Waals surface area contributed by atoms with E-state index in [1.165, 1.54) is 0 Å². The van der Waals surface area contributed by atoms with Crippen LogP contribution in [0.1, 0.15) is 47.5 Å². The van der Waals surface area contributed by atoms with Crippen molar-refractivity contribution >= 4 is 34.5 Å². The van der Waals surface area contributed by atoms with Crippen LogP contribution in [0.15, 0.2) is 30.3 Å². The summed E-state index contributed by atoms with van der Waals surface area (Å²) in [5, 5.41) is 0. The molecule has 3 rings (SSSR count). The van der Waals surface area contributed by atoms with Crippen LogP contribution in [0.3, 0.4) is 0 Å². The number of thioether (sulfide) groups is 1. The third kappa shape index (κ3) is 4.40. The fraction of sp³-hybridized carbons (Fsp3) is 0.409. The van der Waals surface area contributed by atoms with Crippen molar-refractivity contribution in [1.29, 1.82) is 0 Å². The molecule has 6 nitrogen and oxygen atoms in total. The van der Waals surface area contributed by atoms with Crippen molar-refractivity contribution in [3.8, 4) is 0 Å². The van der Waals surface area contributed by atoms with Gasteiger partial charge in [-0.15, -0.1) is 0 Å². The molecule has 2 heterocycles. The first-order valence-electron chi connectivity index (χ1n) is 9.63. The third-order valence-electron chi connectivity index (χ3n) is 4.96. The number of esters is 1. The number of fused-ring (bicyclic) bond motifs is 1. The Labute approximate surface area is 175 Å². The molecule has 0 aliphatic heterocycles. The van der Waals surface area contributed by atoms with Gasteiger partial charge >= 0.3 is 5.97 Å². The van der Waals surface area contributed by atoms with Crippen LogP contribution >= 0.6 is 11.8 Å². The zero-order valence-electron chi connectivity index (χ0n) is 17.6. The zero-order valence-corrected chi connectivity index (χ0v) is 18.4. The maximum atomic E-state index is 12.6. The molecule has 1 aromatic carbocycles. The van der Waals surface area contributed by atoms with E-state index in [0.29, 0.717) is 11.3 Å². The van der Waals surface area contributed by atoms with E-state index in [-0.39, 0.29) is 25.0 Å². The van der Waals surface area contributed by atoms with Crippen LogP contribution in [-0.2, 0) is 21.8 Å². The Kier molecular flexibility index (Phi) is 6.47. The largest absolute Gasteiger partial charge is 0.456 e. The van der Waals surface area contributed by atoms with Gasteiger partial charge in [0.1, 0.15) is 12.4 Å². The number of imidazole rings is 1. The van der Waals surface area contributed by atoms with E-state index in [4.69, 9.17) is 4.74 Å². The molecular formula is C22H27N3O3S. The molecule has 2 aromatic heterocycles. The molecule has 29 heavy (non-hydrogen) atoms. The molecule has 0 radical (unpaired) electrons. The number of carbonyl (C=O) groups is 2. The highest BCUT2D eigenvalue weighted by atomic mass is 32.2. The van der Waals surface area contributed by atoms with Gasteiger partial charge in [0.15, 0.2) is 6.61 Å². The van der Waals surface area contributed by atoms with Gasteiger partial charge in [-0.2, -0.15) is 11.8 Å². The van der Waals surface area contributed by atoms with Crippen LogP contribution in [0.2, 0.25) is 0 Å². The molecule has 3 aromatic rings. The van der Waals surface area contributed by atoms with Gasteiger partial charge in [-0.1, -0.05) is 12.1 Å². The van der Waals surface area contributed by atoms with Crippen molar-refractivity contribution in [2.24, 2.45) is 0 Å². The molecule has 0 aliphatic rings. The summed E-state index contributed by atoms with van der Waals surface area (Å²) in [6.07, 6.45) is 1.99. The highest BCUT2D eigenvalue weighted by Crippen LogP contribution is 2.21. The maximum Gasteiger partial charge on any atom is 0.326 e. The number of hydrogen-bond acceptors (Lipinski definition) is 5. The molecule has 0 saturated carbocycles. The first kappa shape index (κ1) is 21.2. The number of benzene rings is 1. The summed E-state index contributed by atoms with van der Waals surface area (Å²) >= 11 is 1.64. The molecule has 7 heteroatoms. The summed E-state index contributed by atoms with van der Waals surface area (Å²) in [7, 11) is 0. The second kappa shape index (κ2) is 8.86. The van der Waals surface area contributed by atoms with Crippen LogP contribution in [0.25, 0.3) is 11.0 Å². The number of nitrogens with zero attached hydrogens (tertiary/aromatic N) is 3. The lowest BCUT2D eigenvalue weighted by Gasteiger charge is -2.13. The predicted molar refractivity (Wildman–Crippen MR) is 117 cm³/mol. The summed E-state index contributed by atoms with van der Waals surface area (Å²) in [4.78, 5) is 29.7. The normalized spacial score (nSPS) is 11.4. The zero-order chi connectivity index (χ0) is 21.1. The highest BCUT2D eigenvalue weighted by molar-refractivity contribution is 7.97. The van der Waals surface area contributed by atoms with Gasteiger partial charge in [0.2, 0.25) is 5.78 Å². The van der Waals surface area contributed by atoms with Gasteiger partial charge in [0.25, 0.3) is 0 Å². The van der Waals surface area contributed by atoms with E-state index in [0.717, 1.165) is 28.2 Å². The number of para-hydroxylation sites is 2. The van der Waals surface area contributed by atoms with Gasteiger partial charge < -0.3 is 13.9 Å². The van der Waals surface area contributed by atoms with E-state index in [9.17, 15) is 9.59 Å². The van der Waals surface area contributed by atoms with Crippen LogP contribution in [-0.4, -0.2) is 38.7 Å². The SMILES string of the molecule is CSCc1nc2ccccc2n1CC(=O)OCC(=O)c1cc(C)n(C(C)C)c1C. The maximum absolute atomic E-state index is 12.6. The average Bonchev–Trinajstić information content (AvgIpc) is 3.17. The van der Waals surface area contributed by atoms with Crippen LogP contribution in [0.5, 0.6) is 0 Å². The Balaban J connectivity index is 1.71. The van der Waals surface area contributed by atoms with Crippen molar-refractivity contribution in [2.45, 2.75) is 46.0 Å². The smallest absolute Gasteiger partial charge is 0.326 e. The molecule has 0 amide bonds. The standard InChI is InChI=1S/C22H27N3O3S/c1-14(2)25-15(3)10-17(16(25)4)20(26)12-28-22(27)11-24-19-9-7-6-8-18(19)23-21(24)13-29-5/h6-10,14H,11-13H2,1-5H3. The molecule has 0 aliphatic carbocycles. The molecule has 0 saturated heterocycles. The minimum Gasteiger partial charge on any atom is -0.456 e. The fourth-order valence-electron chi connectivity index (χ4n) is 3.79. The number of hydrogen-bond donors (Lipinski definition) is 0. The Morgan fingerprint density at radius 3 is 2.59 bits per heavy atom. The van der Waals surface area contributed by atoms with Crippen molar-refractivity contribution in [3.05, 3.63) is 53.1 Å². The quantitative estimate of drug-likeness (QED) is 0.406. The van der Waals surface area contributed by atoms with Gasteiger partial charge in [-0.05, 0) is 52.1 Å². The average molecular weight is 414 g/mol. The third-order valence-corrected chi connectivity index (χ3v) is 5.51. The topological polar surface area (TPSA) is 66.1 Å². The van der Waals surface area contributed by atoms with Crippen molar-refractivity contribution in [3.63, 3.8) is 0 Å². The fourth-order valence-corrected chi connectivity index (χ4v) is 4.27. The van der Waals surface area contributed by atoms with E-state index >= 15 is 0 Å². The minimum absolute atomic E-state index is 0.0364. The van der Waals surface area contributed by atoms with E-state index in [1.807, 2.05) is 55.0 Å². The molecule has 0 spiro atoms. The monoisotopic (exact) mass is 413 g/mol. The van der Waals surface area contributed by atoms with Gasteiger partial charge in [-0.3, -0.25) is 9.59 Å². The van der Waals surface area contributed by atoms with Gasteiger partial charge in [0, 0.05) is 23.0 Å². The summed E-state index contributed by atoms with van der Waals surface area (Å²) in [5.74, 6) is 0.893. The molecular weight excluding hydrogens is 386 g/mol.